The molecule has 0 saturated heterocycles. The van der Waals surface area contributed by atoms with Gasteiger partial charge in [0.05, 0.1) is 0 Å². The van der Waals surface area contributed by atoms with Crippen molar-refractivity contribution in [2.45, 2.75) is 51.4 Å². The minimum atomic E-state index is -2.06. The standard InChI is InChI=1S/C27H37PSi/c1-27(2,3)29(4,5)23-15-22-28(24-16-9-6-10-17-24,25-18-11-7-12-19-25)26-20-13-8-14-21-26/h6-14,16-21,28H,15,22-23H2,1-5H3. The Morgan fingerprint density at radius 2 is 0.966 bits per heavy atom. The molecule has 0 atom stereocenters. The Morgan fingerprint density at radius 1 is 0.621 bits per heavy atom. The van der Waals surface area contributed by atoms with Gasteiger partial charge in [0.15, 0.2) is 0 Å². The van der Waals surface area contributed by atoms with Crippen molar-refractivity contribution in [3.63, 3.8) is 0 Å². The SMILES string of the molecule is CC(C)(C)[Si](C)(C)CCC[PH](c1ccccc1)(c1ccccc1)c1ccccc1. The van der Waals surface area contributed by atoms with Crippen LogP contribution in [0.1, 0.15) is 27.2 Å². The Labute approximate surface area is 179 Å². The minimum absolute atomic E-state index is 0.448. The molecule has 0 aliphatic rings. The van der Waals surface area contributed by atoms with E-state index in [0.29, 0.717) is 5.04 Å². The van der Waals surface area contributed by atoms with Gasteiger partial charge < -0.3 is 0 Å². The Hall–Kier alpha value is -1.69. The van der Waals surface area contributed by atoms with Gasteiger partial charge in [-0.2, -0.15) is 0 Å². The van der Waals surface area contributed by atoms with E-state index in [9.17, 15) is 0 Å². The van der Waals surface area contributed by atoms with Crippen LogP contribution in [0.5, 0.6) is 0 Å². The summed E-state index contributed by atoms with van der Waals surface area (Å²) in [5.41, 5.74) is 0. The van der Waals surface area contributed by atoms with E-state index in [0.717, 1.165) is 0 Å². The fraction of sp³-hybridized carbons (Fsp3) is 0.333. The van der Waals surface area contributed by atoms with Gasteiger partial charge >= 0.3 is 180 Å². The van der Waals surface area contributed by atoms with Gasteiger partial charge in [-0.05, 0) is 0 Å². The van der Waals surface area contributed by atoms with Crippen LogP contribution in [0.4, 0.5) is 0 Å². The molecule has 0 radical (unpaired) electrons. The molecule has 0 N–H and O–H groups in total. The molecule has 0 bridgehead atoms. The first-order valence-corrected chi connectivity index (χ1v) is 16.4. The molecular weight excluding hydrogens is 383 g/mol. The van der Waals surface area contributed by atoms with Gasteiger partial charge in [-0.25, -0.2) is 0 Å². The molecule has 0 heterocycles. The molecule has 154 valence electrons. The first-order valence-electron chi connectivity index (χ1n) is 10.9. The quantitative estimate of drug-likeness (QED) is 0.298. The summed E-state index contributed by atoms with van der Waals surface area (Å²) in [7, 11) is -3.35. The normalized spacial score (nSPS) is 13.3. The van der Waals surface area contributed by atoms with E-state index >= 15 is 0 Å². The summed E-state index contributed by atoms with van der Waals surface area (Å²) in [6.45, 7) is 12.5. The molecule has 0 amide bonds. The molecule has 2 heteroatoms. The third-order valence-electron chi connectivity index (χ3n) is 7.18. The maximum absolute atomic E-state index is 2.57. The van der Waals surface area contributed by atoms with Crippen LogP contribution in [0.15, 0.2) is 91.0 Å². The van der Waals surface area contributed by atoms with Crippen molar-refractivity contribution >= 4 is 31.2 Å². The van der Waals surface area contributed by atoms with Crippen LogP contribution in [0.25, 0.3) is 0 Å². The van der Waals surface area contributed by atoms with Crippen LogP contribution in [0.3, 0.4) is 0 Å². The van der Waals surface area contributed by atoms with Crippen LogP contribution < -0.4 is 15.9 Å². The van der Waals surface area contributed by atoms with Gasteiger partial charge in [0.25, 0.3) is 0 Å². The summed E-state index contributed by atoms with van der Waals surface area (Å²) in [5, 5.41) is 5.05. The average Bonchev–Trinajstić information content (AvgIpc) is 2.72. The monoisotopic (exact) mass is 420 g/mol. The van der Waals surface area contributed by atoms with Crippen LogP contribution in [-0.4, -0.2) is 14.2 Å². The second kappa shape index (κ2) is 8.98. The van der Waals surface area contributed by atoms with Crippen LogP contribution in [-0.2, 0) is 0 Å². The Balaban J connectivity index is 2.08. The van der Waals surface area contributed by atoms with E-state index in [-0.39, 0.29) is 0 Å². The molecule has 0 saturated carbocycles. The molecular formula is C27H37PSi. The van der Waals surface area contributed by atoms with Crippen LogP contribution >= 0.6 is 7.26 Å². The predicted molar refractivity (Wildman–Crippen MR) is 138 cm³/mol. The van der Waals surface area contributed by atoms with Gasteiger partial charge in [-0.1, -0.05) is 0 Å². The second-order valence-corrected chi connectivity index (χ2v) is 19.8. The van der Waals surface area contributed by atoms with E-state index in [1.807, 2.05) is 0 Å². The van der Waals surface area contributed by atoms with Crippen molar-refractivity contribution in [1.29, 1.82) is 0 Å². The average molecular weight is 421 g/mol. The zero-order valence-corrected chi connectivity index (χ0v) is 20.8. The van der Waals surface area contributed by atoms with E-state index in [1.165, 1.54) is 34.5 Å². The van der Waals surface area contributed by atoms with E-state index in [2.05, 4.69) is 125 Å². The number of hydrogen-bond acceptors (Lipinski definition) is 0. The molecule has 0 aromatic heterocycles. The predicted octanol–water partition coefficient (Wildman–Crippen LogP) is 6.61. The Bertz CT molecular complexity index is 783. The third kappa shape index (κ3) is 4.73. The van der Waals surface area contributed by atoms with Crippen molar-refractivity contribution in [3.05, 3.63) is 91.0 Å². The first kappa shape index (κ1) is 22.0. The number of hydrogen-bond donors (Lipinski definition) is 0. The number of benzene rings is 3. The Morgan fingerprint density at radius 3 is 1.28 bits per heavy atom. The molecule has 3 aromatic rings. The summed E-state index contributed by atoms with van der Waals surface area (Å²) in [6.07, 6.45) is 2.58. The summed E-state index contributed by atoms with van der Waals surface area (Å²) < 4.78 is 0. The topological polar surface area (TPSA) is 0 Å². The Kier molecular flexibility index (Phi) is 6.82. The van der Waals surface area contributed by atoms with E-state index in [4.69, 9.17) is 0 Å². The van der Waals surface area contributed by atoms with Crippen molar-refractivity contribution in [2.75, 3.05) is 6.16 Å². The third-order valence-corrected chi connectivity index (χ3v) is 17.9. The molecule has 0 aliphatic heterocycles. The van der Waals surface area contributed by atoms with Crippen LogP contribution in [0, 0.1) is 0 Å². The zero-order chi connectivity index (χ0) is 21.0. The molecule has 3 rings (SSSR count). The van der Waals surface area contributed by atoms with Gasteiger partial charge in [0.1, 0.15) is 0 Å². The first-order chi connectivity index (χ1) is 13.8. The molecule has 3 aromatic carbocycles. The summed E-state index contributed by atoms with van der Waals surface area (Å²) in [5.74, 6) is 0. The van der Waals surface area contributed by atoms with Crippen molar-refractivity contribution < 1.29 is 0 Å². The second-order valence-electron chi connectivity index (χ2n) is 9.99. The van der Waals surface area contributed by atoms with Crippen molar-refractivity contribution in [1.82, 2.24) is 0 Å². The van der Waals surface area contributed by atoms with Gasteiger partial charge in [0, 0.05) is 0 Å². The van der Waals surface area contributed by atoms with Gasteiger partial charge in [0.2, 0.25) is 0 Å². The van der Waals surface area contributed by atoms with Crippen molar-refractivity contribution in [3.8, 4) is 0 Å². The summed E-state index contributed by atoms with van der Waals surface area (Å²) in [4.78, 5) is 0. The fourth-order valence-corrected chi connectivity index (χ4v) is 11.3. The van der Waals surface area contributed by atoms with Crippen molar-refractivity contribution in [2.24, 2.45) is 0 Å². The maximum atomic E-state index is 2.57. The van der Waals surface area contributed by atoms with Gasteiger partial charge in [-0.15, -0.1) is 0 Å². The molecule has 0 unspecified atom stereocenters. The molecule has 0 nitrogen and oxygen atoms in total. The molecule has 0 aliphatic carbocycles. The summed E-state index contributed by atoms with van der Waals surface area (Å²) >= 11 is 0. The molecule has 0 fully saturated rings. The van der Waals surface area contributed by atoms with Gasteiger partial charge in [-0.3, -0.25) is 0 Å². The summed E-state index contributed by atoms with van der Waals surface area (Å²) in [6, 6.07) is 35.4. The van der Waals surface area contributed by atoms with E-state index in [1.54, 1.807) is 0 Å². The fourth-order valence-electron chi connectivity index (χ4n) is 4.27. The van der Waals surface area contributed by atoms with Crippen LogP contribution in [0.2, 0.25) is 24.2 Å². The molecule has 0 spiro atoms. The van der Waals surface area contributed by atoms with E-state index < -0.39 is 15.3 Å². The molecule has 29 heavy (non-hydrogen) atoms. The zero-order valence-electron chi connectivity index (χ0n) is 18.8. The number of rotatable bonds is 7.